The summed E-state index contributed by atoms with van der Waals surface area (Å²) in [7, 11) is 0. The van der Waals surface area contributed by atoms with Crippen LogP contribution in [0.1, 0.15) is 24.2 Å². The maximum atomic E-state index is 10.8. The van der Waals surface area contributed by atoms with Gasteiger partial charge in [-0.25, -0.2) is 0 Å². The van der Waals surface area contributed by atoms with Crippen LogP contribution in [0.15, 0.2) is 42.5 Å². The summed E-state index contributed by atoms with van der Waals surface area (Å²) in [5, 5.41) is 20.5. The second-order valence-corrected chi connectivity index (χ2v) is 4.52. The molecule has 104 valence electrons. The first kappa shape index (κ1) is 14.0. The molecule has 1 N–H and O–H groups in total. The molecule has 0 unspecified atom stereocenters. The number of non-ortho nitro benzene ring substituents is 1. The van der Waals surface area contributed by atoms with Crippen molar-refractivity contribution in [3.05, 3.63) is 63.7 Å². The lowest BCUT2D eigenvalue weighted by Crippen LogP contribution is -1.97. The maximum Gasteiger partial charge on any atom is 0.273 e. The van der Waals surface area contributed by atoms with Gasteiger partial charge in [-0.05, 0) is 31.5 Å². The van der Waals surface area contributed by atoms with Gasteiger partial charge in [0.15, 0.2) is 0 Å². The Kier molecular flexibility index (Phi) is 4.00. The molecule has 0 heterocycles. The van der Waals surface area contributed by atoms with Gasteiger partial charge >= 0.3 is 0 Å². The van der Waals surface area contributed by atoms with Gasteiger partial charge in [-0.2, -0.15) is 0 Å². The maximum absolute atomic E-state index is 10.8. The molecular weight excluding hydrogens is 258 g/mol. The number of nitrogens with zero attached hydrogens (tertiary/aromatic N) is 1. The molecule has 0 saturated heterocycles. The fraction of sp³-hybridized carbons (Fsp3) is 0.200. The van der Waals surface area contributed by atoms with Crippen LogP contribution in [0, 0.1) is 17.0 Å². The molecule has 0 aliphatic rings. The fourth-order valence-electron chi connectivity index (χ4n) is 1.85. The van der Waals surface area contributed by atoms with Crippen LogP contribution >= 0.6 is 0 Å². The van der Waals surface area contributed by atoms with Crippen molar-refractivity contribution in [1.82, 2.24) is 0 Å². The smallest absolute Gasteiger partial charge is 0.273 e. The molecule has 0 aliphatic heterocycles. The number of aryl methyl sites for hydroxylation is 1. The topological polar surface area (TPSA) is 72.6 Å². The molecular formula is C15H15NO4. The first-order valence-electron chi connectivity index (χ1n) is 6.19. The van der Waals surface area contributed by atoms with Crippen LogP contribution in [0.3, 0.4) is 0 Å². The molecule has 20 heavy (non-hydrogen) atoms. The van der Waals surface area contributed by atoms with Gasteiger partial charge in [0.2, 0.25) is 0 Å². The Bertz CT molecular complexity index is 638. The van der Waals surface area contributed by atoms with E-state index in [9.17, 15) is 15.2 Å². The van der Waals surface area contributed by atoms with E-state index in [0.717, 1.165) is 5.56 Å². The number of hydrogen-bond acceptors (Lipinski definition) is 4. The molecule has 5 nitrogen and oxygen atoms in total. The van der Waals surface area contributed by atoms with Gasteiger partial charge < -0.3 is 9.84 Å². The highest BCUT2D eigenvalue weighted by Gasteiger charge is 2.13. The first-order chi connectivity index (χ1) is 9.49. The number of nitro benzene ring substituents is 1. The molecule has 1 atom stereocenters. The van der Waals surface area contributed by atoms with Gasteiger partial charge in [0.1, 0.15) is 11.5 Å². The van der Waals surface area contributed by atoms with Crippen molar-refractivity contribution < 1.29 is 14.8 Å². The lowest BCUT2D eigenvalue weighted by Gasteiger charge is -2.14. The van der Waals surface area contributed by atoms with Crippen LogP contribution in [-0.4, -0.2) is 10.0 Å². The summed E-state index contributed by atoms with van der Waals surface area (Å²) in [5.41, 5.74) is 1.40. The van der Waals surface area contributed by atoms with Crippen LogP contribution in [0.5, 0.6) is 11.5 Å². The molecule has 0 fully saturated rings. The van der Waals surface area contributed by atoms with Crippen molar-refractivity contribution in [3.63, 3.8) is 0 Å². The van der Waals surface area contributed by atoms with E-state index in [2.05, 4.69) is 0 Å². The Morgan fingerprint density at radius 2 is 1.90 bits per heavy atom. The zero-order valence-electron chi connectivity index (χ0n) is 11.2. The third-order valence-electron chi connectivity index (χ3n) is 2.97. The van der Waals surface area contributed by atoms with E-state index in [1.807, 2.05) is 6.92 Å². The van der Waals surface area contributed by atoms with Crippen molar-refractivity contribution >= 4 is 5.69 Å². The number of benzene rings is 2. The SMILES string of the molecule is Cc1ccc([N+](=O)[O-])cc1Oc1ccccc1[C@H](C)O. The van der Waals surface area contributed by atoms with Crippen molar-refractivity contribution in [2.75, 3.05) is 0 Å². The molecule has 2 aromatic rings. The van der Waals surface area contributed by atoms with Gasteiger partial charge in [0.05, 0.1) is 17.1 Å². The summed E-state index contributed by atoms with van der Waals surface area (Å²) in [6, 6.07) is 11.5. The van der Waals surface area contributed by atoms with E-state index >= 15 is 0 Å². The first-order valence-corrected chi connectivity index (χ1v) is 6.19. The van der Waals surface area contributed by atoms with Crippen molar-refractivity contribution in [3.8, 4) is 11.5 Å². The number of ether oxygens (including phenoxy) is 1. The number of nitro groups is 1. The zero-order chi connectivity index (χ0) is 14.7. The highest BCUT2D eigenvalue weighted by molar-refractivity contribution is 5.47. The minimum atomic E-state index is -0.676. The second kappa shape index (κ2) is 5.71. The summed E-state index contributed by atoms with van der Waals surface area (Å²) in [5.74, 6) is 0.901. The molecule has 2 rings (SSSR count). The largest absolute Gasteiger partial charge is 0.456 e. The molecule has 0 amide bonds. The van der Waals surface area contributed by atoms with Crippen LogP contribution in [-0.2, 0) is 0 Å². The minimum Gasteiger partial charge on any atom is -0.456 e. The molecule has 0 bridgehead atoms. The van der Waals surface area contributed by atoms with Gasteiger partial charge in [-0.3, -0.25) is 10.1 Å². The van der Waals surface area contributed by atoms with E-state index in [4.69, 9.17) is 4.74 Å². The van der Waals surface area contributed by atoms with Crippen molar-refractivity contribution in [1.29, 1.82) is 0 Å². The van der Waals surface area contributed by atoms with Gasteiger partial charge in [-0.15, -0.1) is 0 Å². The van der Waals surface area contributed by atoms with E-state index in [1.165, 1.54) is 12.1 Å². The zero-order valence-corrected chi connectivity index (χ0v) is 11.2. The van der Waals surface area contributed by atoms with E-state index in [1.54, 1.807) is 37.3 Å². The summed E-state index contributed by atoms with van der Waals surface area (Å²) < 4.78 is 5.73. The summed E-state index contributed by atoms with van der Waals surface area (Å²) in [6.45, 7) is 3.45. The van der Waals surface area contributed by atoms with E-state index < -0.39 is 11.0 Å². The predicted octanol–water partition coefficient (Wildman–Crippen LogP) is 3.75. The van der Waals surface area contributed by atoms with Crippen molar-refractivity contribution in [2.24, 2.45) is 0 Å². The fourth-order valence-corrected chi connectivity index (χ4v) is 1.85. The minimum absolute atomic E-state index is 0.0277. The molecule has 0 aliphatic carbocycles. The summed E-state index contributed by atoms with van der Waals surface area (Å²) in [6.07, 6.45) is -0.676. The van der Waals surface area contributed by atoms with E-state index in [-0.39, 0.29) is 5.69 Å². The average molecular weight is 273 g/mol. The van der Waals surface area contributed by atoms with Crippen LogP contribution < -0.4 is 4.74 Å². The van der Waals surface area contributed by atoms with Gasteiger partial charge in [0.25, 0.3) is 5.69 Å². The van der Waals surface area contributed by atoms with Gasteiger partial charge in [0, 0.05) is 11.6 Å². The Balaban J connectivity index is 2.40. The highest BCUT2D eigenvalue weighted by Crippen LogP contribution is 2.32. The lowest BCUT2D eigenvalue weighted by molar-refractivity contribution is -0.384. The molecule has 0 spiro atoms. The molecule has 0 radical (unpaired) electrons. The van der Waals surface area contributed by atoms with Crippen molar-refractivity contribution in [2.45, 2.75) is 20.0 Å². The second-order valence-electron chi connectivity index (χ2n) is 4.52. The lowest BCUT2D eigenvalue weighted by atomic mass is 10.1. The summed E-state index contributed by atoms with van der Waals surface area (Å²) >= 11 is 0. The Labute approximate surface area is 116 Å². The Hall–Kier alpha value is -2.40. The number of aliphatic hydroxyl groups excluding tert-OH is 1. The molecule has 5 heteroatoms. The molecule has 0 aromatic heterocycles. The molecule has 2 aromatic carbocycles. The van der Waals surface area contributed by atoms with Crippen LogP contribution in [0.25, 0.3) is 0 Å². The quantitative estimate of drug-likeness (QED) is 0.680. The third-order valence-corrected chi connectivity index (χ3v) is 2.97. The Morgan fingerprint density at radius 3 is 2.55 bits per heavy atom. The van der Waals surface area contributed by atoms with E-state index in [0.29, 0.717) is 17.1 Å². The number of aliphatic hydroxyl groups is 1. The summed E-state index contributed by atoms with van der Waals surface area (Å²) in [4.78, 5) is 10.3. The average Bonchev–Trinajstić information content (AvgIpc) is 2.41. The van der Waals surface area contributed by atoms with Crippen LogP contribution in [0.4, 0.5) is 5.69 Å². The normalized spacial score (nSPS) is 11.9. The predicted molar refractivity (Wildman–Crippen MR) is 75.0 cm³/mol. The number of rotatable bonds is 4. The van der Waals surface area contributed by atoms with Gasteiger partial charge in [-0.1, -0.05) is 18.2 Å². The monoisotopic (exact) mass is 273 g/mol. The third kappa shape index (κ3) is 2.95. The number of hydrogen-bond donors (Lipinski definition) is 1. The van der Waals surface area contributed by atoms with Crippen LogP contribution in [0.2, 0.25) is 0 Å². The Morgan fingerprint density at radius 1 is 1.20 bits per heavy atom. The highest BCUT2D eigenvalue weighted by atomic mass is 16.6. The molecule has 0 saturated carbocycles. The standard InChI is InChI=1S/C15H15NO4/c1-10-7-8-12(16(18)19)9-15(10)20-14-6-4-3-5-13(14)11(2)17/h3-9,11,17H,1-2H3/t11-/m0/s1. The number of para-hydroxylation sites is 1.